The van der Waals surface area contributed by atoms with Gasteiger partial charge in [-0.3, -0.25) is 9.59 Å². The van der Waals surface area contributed by atoms with Crippen LogP contribution in [0.15, 0.2) is 17.5 Å². The summed E-state index contributed by atoms with van der Waals surface area (Å²) in [5, 5.41) is 4.55. The standard InChI is InChI=1S/C18H27N3O4S/c1-18(2,3)25-17(24)19-7-6-15(22)20-8-10-21(11-9-20)16(23)13-14-5-4-12-26-14/h4-5,12H,6-11,13H2,1-3H3,(H,19,24). The molecule has 3 amide bonds. The van der Waals surface area contributed by atoms with Crippen molar-refractivity contribution in [1.29, 1.82) is 0 Å². The molecule has 1 N–H and O–H groups in total. The first kappa shape index (κ1) is 20.2. The van der Waals surface area contributed by atoms with Gasteiger partial charge in [0.1, 0.15) is 5.60 Å². The zero-order chi connectivity index (χ0) is 19.2. The molecule has 0 radical (unpaired) electrons. The van der Waals surface area contributed by atoms with Crippen LogP contribution in [0.3, 0.4) is 0 Å². The van der Waals surface area contributed by atoms with Gasteiger partial charge in [0, 0.05) is 44.0 Å². The molecule has 0 spiro atoms. The molecule has 0 aromatic carbocycles. The van der Waals surface area contributed by atoms with Gasteiger partial charge in [-0.2, -0.15) is 0 Å². The van der Waals surface area contributed by atoms with E-state index >= 15 is 0 Å². The Balaban J connectivity index is 1.66. The van der Waals surface area contributed by atoms with E-state index in [1.165, 1.54) is 0 Å². The molecule has 0 unspecified atom stereocenters. The van der Waals surface area contributed by atoms with Crippen LogP contribution in [0, 0.1) is 0 Å². The number of thiophene rings is 1. The summed E-state index contributed by atoms with van der Waals surface area (Å²) >= 11 is 1.58. The molecule has 2 heterocycles. The number of piperazine rings is 1. The maximum absolute atomic E-state index is 12.3. The van der Waals surface area contributed by atoms with Crippen molar-refractivity contribution in [3.63, 3.8) is 0 Å². The van der Waals surface area contributed by atoms with Crippen molar-refractivity contribution >= 4 is 29.2 Å². The normalized spacial score (nSPS) is 14.9. The van der Waals surface area contributed by atoms with Gasteiger partial charge < -0.3 is 19.9 Å². The van der Waals surface area contributed by atoms with Crippen molar-refractivity contribution in [1.82, 2.24) is 15.1 Å². The second kappa shape index (κ2) is 9.02. The molecule has 144 valence electrons. The van der Waals surface area contributed by atoms with Gasteiger partial charge in [-0.25, -0.2) is 4.79 Å². The summed E-state index contributed by atoms with van der Waals surface area (Å²) in [5.74, 6) is 0.0811. The fourth-order valence-corrected chi connectivity index (χ4v) is 3.32. The average Bonchev–Trinajstić information content (AvgIpc) is 3.06. The Morgan fingerprint density at radius 3 is 2.27 bits per heavy atom. The van der Waals surface area contributed by atoms with E-state index in [1.54, 1.807) is 37.0 Å². The highest BCUT2D eigenvalue weighted by Gasteiger charge is 2.24. The van der Waals surface area contributed by atoms with Crippen molar-refractivity contribution in [3.05, 3.63) is 22.4 Å². The van der Waals surface area contributed by atoms with E-state index < -0.39 is 11.7 Å². The van der Waals surface area contributed by atoms with Gasteiger partial charge in [0.2, 0.25) is 11.8 Å². The second-order valence-corrected chi connectivity index (χ2v) is 8.23. The lowest BCUT2D eigenvalue weighted by Gasteiger charge is -2.35. The minimum Gasteiger partial charge on any atom is -0.444 e. The van der Waals surface area contributed by atoms with Crippen LogP contribution in [0.25, 0.3) is 0 Å². The minimum atomic E-state index is -0.555. The van der Waals surface area contributed by atoms with Gasteiger partial charge in [-0.05, 0) is 32.2 Å². The molecule has 26 heavy (non-hydrogen) atoms. The lowest BCUT2D eigenvalue weighted by molar-refractivity contribution is -0.139. The molecule has 1 aromatic rings. The summed E-state index contributed by atoms with van der Waals surface area (Å²) in [6.07, 6.45) is 0.127. The Morgan fingerprint density at radius 1 is 1.12 bits per heavy atom. The second-order valence-electron chi connectivity index (χ2n) is 7.20. The van der Waals surface area contributed by atoms with E-state index in [9.17, 15) is 14.4 Å². The van der Waals surface area contributed by atoms with Gasteiger partial charge in [0.25, 0.3) is 0 Å². The van der Waals surface area contributed by atoms with Crippen molar-refractivity contribution in [2.45, 2.75) is 39.2 Å². The topological polar surface area (TPSA) is 79.0 Å². The van der Waals surface area contributed by atoms with Crippen LogP contribution in [0.4, 0.5) is 4.79 Å². The lowest BCUT2D eigenvalue weighted by atomic mass is 10.2. The summed E-state index contributed by atoms with van der Waals surface area (Å²) in [5.41, 5.74) is -0.555. The van der Waals surface area contributed by atoms with Gasteiger partial charge >= 0.3 is 6.09 Å². The first-order valence-electron chi connectivity index (χ1n) is 8.79. The van der Waals surface area contributed by atoms with E-state index in [0.717, 1.165) is 4.88 Å². The summed E-state index contributed by atoms with van der Waals surface area (Å²) in [4.78, 5) is 40.7. The number of hydrogen-bond donors (Lipinski definition) is 1. The Morgan fingerprint density at radius 2 is 1.73 bits per heavy atom. The number of ether oxygens (including phenoxy) is 1. The molecule has 1 aliphatic heterocycles. The smallest absolute Gasteiger partial charge is 0.407 e. The van der Waals surface area contributed by atoms with Gasteiger partial charge in [-0.1, -0.05) is 6.07 Å². The third-order valence-electron chi connectivity index (χ3n) is 3.90. The molecule has 8 heteroatoms. The Kier molecular flexibility index (Phi) is 7.02. The lowest BCUT2D eigenvalue weighted by Crippen LogP contribution is -2.51. The number of hydrogen-bond acceptors (Lipinski definition) is 5. The molecular formula is C18H27N3O4S. The van der Waals surface area contributed by atoms with Crippen LogP contribution in [0.5, 0.6) is 0 Å². The van der Waals surface area contributed by atoms with Crippen molar-refractivity contribution < 1.29 is 19.1 Å². The summed E-state index contributed by atoms with van der Waals surface area (Å²) in [6.45, 7) is 7.77. The first-order chi connectivity index (χ1) is 12.2. The molecule has 1 fully saturated rings. The van der Waals surface area contributed by atoms with Crippen LogP contribution in [-0.4, -0.2) is 66.0 Å². The van der Waals surface area contributed by atoms with Crippen molar-refractivity contribution in [2.75, 3.05) is 32.7 Å². The van der Waals surface area contributed by atoms with Gasteiger partial charge in [-0.15, -0.1) is 11.3 Å². The molecule has 0 bridgehead atoms. The number of nitrogens with one attached hydrogen (secondary N) is 1. The van der Waals surface area contributed by atoms with Crippen molar-refractivity contribution in [3.8, 4) is 0 Å². The third-order valence-corrected chi connectivity index (χ3v) is 4.77. The average molecular weight is 381 g/mol. The van der Waals surface area contributed by atoms with E-state index in [1.807, 2.05) is 22.4 Å². The number of amides is 3. The predicted molar refractivity (Wildman–Crippen MR) is 100 cm³/mol. The fraction of sp³-hybridized carbons (Fsp3) is 0.611. The molecule has 2 rings (SSSR count). The highest BCUT2D eigenvalue weighted by atomic mass is 32.1. The van der Waals surface area contributed by atoms with Crippen molar-refractivity contribution in [2.24, 2.45) is 0 Å². The molecule has 0 saturated carbocycles. The van der Waals surface area contributed by atoms with Gasteiger partial charge in [0.05, 0.1) is 6.42 Å². The SMILES string of the molecule is CC(C)(C)OC(=O)NCCC(=O)N1CCN(C(=O)Cc2cccs2)CC1. The zero-order valence-corrected chi connectivity index (χ0v) is 16.4. The van der Waals surface area contributed by atoms with Crippen LogP contribution in [0.2, 0.25) is 0 Å². The minimum absolute atomic E-state index is 0.0218. The number of nitrogens with zero attached hydrogens (tertiary/aromatic N) is 2. The molecular weight excluding hydrogens is 354 g/mol. The Labute approximate surface area is 158 Å². The van der Waals surface area contributed by atoms with Crippen LogP contribution in [-0.2, 0) is 20.7 Å². The Bertz CT molecular complexity index is 617. The maximum Gasteiger partial charge on any atom is 0.407 e. The molecule has 7 nitrogen and oxygen atoms in total. The monoisotopic (exact) mass is 381 g/mol. The number of alkyl carbamates (subject to hydrolysis) is 1. The number of rotatable bonds is 5. The van der Waals surface area contributed by atoms with Gasteiger partial charge in [0.15, 0.2) is 0 Å². The predicted octanol–water partition coefficient (Wildman–Crippen LogP) is 1.88. The van der Waals surface area contributed by atoms with Crippen LogP contribution < -0.4 is 5.32 Å². The van der Waals surface area contributed by atoms with Crippen LogP contribution >= 0.6 is 11.3 Å². The van der Waals surface area contributed by atoms with E-state index in [0.29, 0.717) is 32.6 Å². The van der Waals surface area contributed by atoms with Crippen LogP contribution in [0.1, 0.15) is 32.1 Å². The van der Waals surface area contributed by atoms with E-state index in [4.69, 9.17) is 4.74 Å². The number of carbonyl (C=O) groups excluding carboxylic acids is 3. The summed E-state index contributed by atoms with van der Waals surface area (Å²) in [6, 6.07) is 3.90. The largest absolute Gasteiger partial charge is 0.444 e. The molecule has 1 aliphatic rings. The maximum atomic E-state index is 12.3. The molecule has 0 aliphatic carbocycles. The highest BCUT2D eigenvalue weighted by Crippen LogP contribution is 2.12. The first-order valence-corrected chi connectivity index (χ1v) is 9.67. The fourth-order valence-electron chi connectivity index (χ4n) is 2.62. The third kappa shape index (κ3) is 6.67. The van der Waals surface area contributed by atoms with E-state index in [2.05, 4.69) is 5.32 Å². The van der Waals surface area contributed by atoms with E-state index in [-0.39, 0.29) is 24.8 Å². The summed E-state index contributed by atoms with van der Waals surface area (Å²) < 4.78 is 5.13. The number of carbonyl (C=O) groups is 3. The highest BCUT2D eigenvalue weighted by molar-refractivity contribution is 7.10. The Hall–Kier alpha value is -2.09. The zero-order valence-electron chi connectivity index (χ0n) is 15.6. The molecule has 1 saturated heterocycles. The quantitative estimate of drug-likeness (QED) is 0.845. The molecule has 0 atom stereocenters. The summed E-state index contributed by atoms with van der Waals surface area (Å²) in [7, 11) is 0. The molecule has 1 aromatic heterocycles.